The van der Waals surface area contributed by atoms with E-state index in [1.54, 1.807) is 0 Å². The Hall–Kier alpha value is -1.07. The average molecular weight is 212 g/mol. The van der Waals surface area contributed by atoms with Crippen LogP contribution in [-0.2, 0) is 14.3 Å². The molecule has 0 saturated heterocycles. The molecule has 6 heteroatoms. The second-order valence-corrected chi connectivity index (χ2v) is 3.01. The van der Waals surface area contributed by atoms with Crippen molar-refractivity contribution in [2.24, 2.45) is 5.41 Å². The highest BCUT2D eigenvalue weighted by Gasteiger charge is 2.52. The zero-order chi connectivity index (χ0) is 11.4. The fraction of sp³-hybridized carbons (Fsp3) is 0.750. The summed E-state index contributed by atoms with van der Waals surface area (Å²) in [5, 5.41) is 0. The van der Waals surface area contributed by atoms with Crippen LogP contribution >= 0.6 is 0 Å². The summed E-state index contributed by atoms with van der Waals surface area (Å²) in [5.41, 5.74) is -2.65. The molecule has 0 saturated carbocycles. The molecule has 0 N–H and O–H groups in total. The van der Waals surface area contributed by atoms with Gasteiger partial charge in [0.1, 0.15) is 11.7 Å². The van der Waals surface area contributed by atoms with Crippen molar-refractivity contribution in [2.75, 3.05) is 6.61 Å². The van der Waals surface area contributed by atoms with Crippen LogP contribution in [0.1, 0.15) is 20.3 Å². The lowest BCUT2D eigenvalue weighted by atomic mass is 9.88. The molecular formula is C8H11F3O3. The number of carbonyl (C=O) groups excluding carboxylic acids is 2. The Balaban J connectivity index is 4.57. The zero-order valence-corrected chi connectivity index (χ0v) is 7.85. The van der Waals surface area contributed by atoms with Gasteiger partial charge in [0.2, 0.25) is 0 Å². The monoisotopic (exact) mass is 212 g/mol. The molecule has 0 radical (unpaired) electrons. The summed E-state index contributed by atoms with van der Waals surface area (Å²) in [5.74, 6) is -1.03. The normalized spacial score (nSPS) is 15.8. The number of esters is 1. The molecule has 0 aromatic heterocycles. The van der Waals surface area contributed by atoms with Crippen molar-refractivity contribution in [3.8, 4) is 0 Å². The quantitative estimate of drug-likeness (QED) is 0.526. The minimum absolute atomic E-state index is 0.00831. The Kier molecular flexibility index (Phi) is 4.09. The Morgan fingerprint density at radius 3 is 2.21 bits per heavy atom. The number of hydrogen-bond acceptors (Lipinski definition) is 3. The molecule has 0 bridgehead atoms. The number of ether oxygens (including phenoxy) is 1. The van der Waals surface area contributed by atoms with E-state index in [2.05, 4.69) is 4.74 Å². The molecule has 0 aliphatic carbocycles. The van der Waals surface area contributed by atoms with Crippen molar-refractivity contribution in [3.63, 3.8) is 0 Å². The number of rotatable bonds is 4. The highest BCUT2D eigenvalue weighted by Crippen LogP contribution is 2.39. The van der Waals surface area contributed by atoms with Crippen molar-refractivity contribution in [1.29, 1.82) is 0 Å². The van der Waals surface area contributed by atoms with Crippen LogP contribution in [0.15, 0.2) is 0 Å². The summed E-state index contributed by atoms with van der Waals surface area (Å²) in [4.78, 5) is 21.1. The molecule has 0 aliphatic heterocycles. The molecule has 0 aromatic carbocycles. The molecular weight excluding hydrogens is 201 g/mol. The maximum Gasteiger partial charge on any atom is 0.401 e. The lowest BCUT2D eigenvalue weighted by Gasteiger charge is -2.24. The average Bonchev–Trinajstić information content (AvgIpc) is 2.02. The summed E-state index contributed by atoms with van der Waals surface area (Å²) < 4.78 is 41.1. The fourth-order valence-corrected chi connectivity index (χ4v) is 0.721. The van der Waals surface area contributed by atoms with Gasteiger partial charge in [0.25, 0.3) is 0 Å². The Morgan fingerprint density at radius 2 is 1.93 bits per heavy atom. The van der Waals surface area contributed by atoms with Gasteiger partial charge in [-0.1, -0.05) is 0 Å². The molecule has 0 aromatic rings. The smallest absolute Gasteiger partial charge is 0.401 e. The molecule has 0 rings (SSSR count). The SMILES string of the molecule is CCOC(=O)CC(C)(C=O)C(F)(F)F. The predicted molar refractivity (Wildman–Crippen MR) is 41.5 cm³/mol. The van der Waals surface area contributed by atoms with Crippen LogP contribution in [0.4, 0.5) is 13.2 Å². The maximum absolute atomic E-state index is 12.3. The zero-order valence-electron chi connectivity index (χ0n) is 7.85. The highest BCUT2D eigenvalue weighted by atomic mass is 19.4. The molecule has 82 valence electrons. The second kappa shape index (κ2) is 4.43. The van der Waals surface area contributed by atoms with Gasteiger partial charge < -0.3 is 9.53 Å². The number of hydrogen-bond donors (Lipinski definition) is 0. The van der Waals surface area contributed by atoms with E-state index in [0.717, 1.165) is 0 Å². The minimum atomic E-state index is -4.73. The summed E-state index contributed by atoms with van der Waals surface area (Å²) in [6, 6.07) is 0. The minimum Gasteiger partial charge on any atom is -0.466 e. The van der Waals surface area contributed by atoms with Crippen molar-refractivity contribution >= 4 is 12.3 Å². The number of halogens is 3. The van der Waals surface area contributed by atoms with E-state index in [1.165, 1.54) is 6.92 Å². The van der Waals surface area contributed by atoms with Crippen molar-refractivity contribution in [3.05, 3.63) is 0 Å². The molecule has 0 heterocycles. The van der Waals surface area contributed by atoms with Gasteiger partial charge in [0.05, 0.1) is 13.0 Å². The molecule has 1 unspecified atom stereocenters. The first-order chi connectivity index (χ1) is 6.27. The molecule has 0 amide bonds. The van der Waals surface area contributed by atoms with Gasteiger partial charge in [-0.05, 0) is 13.8 Å². The van der Waals surface area contributed by atoms with E-state index >= 15 is 0 Å². The van der Waals surface area contributed by atoms with E-state index in [4.69, 9.17) is 0 Å². The first-order valence-corrected chi connectivity index (χ1v) is 3.95. The topological polar surface area (TPSA) is 43.4 Å². The van der Waals surface area contributed by atoms with E-state index in [-0.39, 0.29) is 12.9 Å². The van der Waals surface area contributed by atoms with Gasteiger partial charge in [-0.15, -0.1) is 0 Å². The largest absolute Gasteiger partial charge is 0.466 e. The third kappa shape index (κ3) is 3.01. The Morgan fingerprint density at radius 1 is 1.43 bits per heavy atom. The fourth-order valence-electron chi connectivity index (χ4n) is 0.721. The van der Waals surface area contributed by atoms with Crippen LogP contribution in [0.3, 0.4) is 0 Å². The predicted octanol–water partition coefficient (Wildman–Crippen LogP) is 1.71. The van der Waals surface area contributed by atoms with Crippen molar-refractivity contribution in [2.45, 2.75) is 26.4 Å². The van der Waals surface area contributed by atoms with E-state index in [9.17, 15) is 22.8 Å². The standard InChI is InChI=1S/C8H11F3O3/c1-3-14-6(13)4-7(2,5-12)8(9,10)11/h5H,3-4H2,1-2H3. The summed E-state index contributed by atoms with van der Waals surface area (Å²) in [6.45, 7) is 2.13. The van der Waals surface area contributed by atoms with Crippen LogP contribution < -0.4 is 0 Å². The highest BCUT2D eigenvalue weighted by molar-refractivity contribution is 5.76. The first-order valence-electron chi connectivity index (χ1n) is 3.95. The van der Waals surface area contributed by atoms with Gasteiger partial charge in [0, 0.05) is 0 Å². The van der Waals surface area contributed by atoms with Crippen molar-refractivity contribution < 1.29 is 27.5 Å². The van der Waals surface area contributed by atoms with Crippen LogP contribution in [0.25, 0.3) is 0 Å². The lowest BCUT2D eigenvalue weighted by Crippen LogP contribution is -2.39. The van der Waals surface area contributed by atoms with E-state index in [0.29, 0.717) is 6.92 Å². The van der Waals surface area contributed by atoms with E-state index < -0.39 is 24.0 Å². The summed E-state index contributed by atoms with van der Waals surface area (Å²) >= 11 is 0. The first kappa shape index (κ1) is 12.9. The van der Waals surface area contributed by atoms with Crippen molar-refractivity contribution in [1.82, 2.24) is 0 Å². The lowest BCUT2D eigenvalue weighted by molar-refractivity contribution is -0.214. The number of carbonyl (C=O) groups is 2. The van der Waals surface area contributed by atoms with Gasteiger partial charge in [-0.25, -0.2) is 0 Å². The van der Waals surface area contributed by atoms with Gasteiger partial charge in [0.15, 0.2) is 0 Å². The van der Waals surface area contributed by atoms with Gasteiger partial charge in [-0.2, -0.15) is 13.2 Å². The Labute approximate surface area is 79.2 Å². The van der Waals surface area contributed by atoms with Crippen LogP contribution in [0.5, 0.6) is 0 Å². The van der Waals surface area contributed by atoms with Gasteiger partial charge >= 0.3 is 12.1 Å². The number of aldehydes is 1. The van der Waals surface area contributed by atoms with Crippen LogP contribution in [0, 0.1) is 5.41 Å². The maximum atomic E-state index is 12.3. The van der Waals surface area contributed by atoms with Gasteiger partial charge in [-0.3, -0.25) is 4.79 Å². The third-order valence-corrected chi connectivity index (χ3v) is 1.72. The molecule has 0 aliphatic rings. The van der Waals surface area contributed by atoms with E-state index in [1.807, 2.05) is 0 Å². The molecule has 0 spiro atoms. The second-order valence-electron chi connectivity index (χ2n) is 3.01. The molecule has 3 nitrogen and oxygen atoms in total. The molecule has 0 fully saturated rings. The summed E-state index contributed by atoms with van der Waals surface area (Å²) in [7, 11) is 0. The Bertz CT molecular complexity index is 224. The summed E-state index contributed by atoms with van der Waals surface area (Å²) in [6.07, 6.45) is -5.99. The van der Waals surface area contributed by atoms with Crippen LogP contribution in [-0.4, -0.2) is 25.0 Å². The van der Waals surface area contributed by atoms with Crippen LogP contribution in [0.2, 0.25) is 0 Å². The molecule has 14 heavy (non-hydrogen) atoms. The molecule has 1 atom stereocenters. The number of alkyl halides is 3. The third-order valence-electron chi connectivity index (χ3n) is 1.72.